The van der Waals surface area contributed by atoms with Crippen LogP contribution in [0.5, 0.6) is 0 Å². The molecule has 3 aromatic carbocycles. The number of benzene rings is 3. The monoisotopic (exact) mass is 480 g/mol. The van der Waals surface area contributed by atoms with Crippen molar-refractivity contribution in [2.75, 3.05) is 26.2 Å². The zero-order chi connectivity index (χ0) is 24.9. The van der Waals surface area contributed by atoms with Gasteiger partial charge in [0.1, 0.15) is 0 Å². The van der Waals surface area contributed by atoms with E-state index in [1.165, 1.54) is 10.2 Å². The second kappa shape index (κ2) is 10.6. The summed E-state index contributed by atoms with van der Waals surface area (Å²) in [6, 6.07) is 26.4. The van der Waals surface area contributed by atoms with E-state index in [0.717, 1.165) is 12.8 Å². The van der Waals surface area contributed by atoms with Gasteiger partial charge in [0.25, 0.3) is 11.5 Å². The summed E-state index contributed by atoms with van der Waals surface area (Å²) in [4.78, 5) is 42.9. The number of nitrogens with zero attached hydrogens (tertiary/aromatic N) is 4. The minimum atomic E-state index is -0.265. The third-order valence-electron chi connectivity index (χ3n) is 6.63. The molecule has 5 rings (SSSR count). The molecule has 2 heterocycles. The van der Waals surface area contributed by atoms with Crippen LogP contribution in [0.25, 0.3) is 16.5 Å². The molecule has 0 aliphatic carbocycles. The average Bonchev–Trinajstić information content (AvgIpc) is 2.94. The van der Waals surface area contributed by atoms with Crippen LogP contribution >= 0.6 is 0 Å². The lowest BCUT2D eigenvalue weighted by molar-refractivity contribution is -0.132. The Hall–Kier alpha value is -4.26. The fourth-order valence-corrected chi connectivity index (χ4v) is 4.65. The summed E-state index contributed by atoms with van der Waals surface area (Å²) in [5, 5.41) is 5.49. The summed E-state index contributed by atoms with van der Waals surface area (Å²) in [5.74, 6) is -0.105. The number of aromatic nitrogens is 2. The maximum atomic E-state index is 13.6. The van der Waals surface area contributed by atoms with Crippen molar-refractivity contribution in [1.82, 2.24) is 19.6 Å². The molecule has 7 heteroatoms. The Morgan fingerprint density at radius 3 is 2.00 bits per heavy atom. The Bertz CT molecular complexity index is 1430. The van der Waals surface area contributed by atoms with Crippen LogP contribution < -0.4 is 5.56 Å². The van der Waals surface area contributed by atoms with E-state index in [1.807, 2.05) is 41.3 Å². The van der Waals surface area contributed by atoms with Crippen LogP contribution in [0.3, 0.4) is 0 Å². The number of amides is 2. The molecule has 0 unspecified atom stereocenters. The molecule has 0 radical (unpaired) electrons. The van der Waals surface area contributed by atoms with Crippen LogP contribution in [-0.2, 0) is 11.2 Å². The van der Waals surface area contributed by atoms with E-state index in [2.05, 4.69) is 17.2 Å². The zero-order valence-corrected chi connectivity index (χ0v) is 20.0. The molecule has 7 nitrogen and oxygen atoms in total. The first-order chi connectivity index (χ1) is 17.6. The Balaban J connectivity index is 1.29. The smallest absolute Gasteiger partial charge is 0.279 e. The van der Waals surface area contributed by atoms with Crippen LogP contribution in [0.15, 0.2) is 89.7 Å². The van der Waals surface area contributed by atoms with Gasteiger partial charge in [0, 0.05) is 38.0 Å². The fourth-order valence-electron chi connectivity index (χ4n) is 4.65. The van der Waals surface area contributed by atoms with Gasteiger partial charge in [-0.15, -0.1) is 0 Å². The SMILES string of the molecule is O=C(CCCc1ccccc1)N1CCN(C(=O)c2nn(-c3ccccc3)c(=O)c3ccccc23)CC1. The standard InChI is InChI=1S/C29H28N4O3/c34-26(17-9-12-22-10-3-1-4-11-22)31-18-20-32(21-19-31)29(36)27-24-15-7-8-16-25(24)28(35)33(30-27)23-13-5-2-6-14-23/h1-8,10-11,13-16H,9,12,17-21H2. The van der Waals surface area contributed by atoms with Crippen LogP contribution in [0.1, 0.15) is 28.9 Å². The van der Waals surface area contributed by atoms with Gasteiger partial charge in [-0.2, -0.15) is 9.78 Å². The van der Waals surface area contributed by atoms with Crippen LogP contribution in [-0.4, -0.2) is 57.6 Å². The predicted molar refractivity (Wildman–Crippen MR) is 139 cm³/mol. The second-order valence-electron chi connectivity index (χ2n) is 8.96. The van der Waals surface area contributed by atoms with Crippen molar-refractivity contribution in [1.29, 1.82) is 0 Å². The topological polar surface area (TPSA) is 75.5 Å². The number of para-hydroxylation sites is 1. The van der Waals surface area contributed by atoms with E-state index < -0.39 is 0 Å². The number of piperazine rings is 1. The molecule has 0 N–H and O–H groups in total. The summed E-state index contributed by atoms with van der Waals surface area (Å²) in [7, 11) is 0. The first-order valence-electron chi connectivity index (χ1n) is 12.3. The number of carbonyl (C=O) groups excluding carboxylic acids is 2. The first-order valence-corrected chi connectivity index (χ1v) is 12.3. The number of carbonyl (C=O) groups is 2. The van der Waals surface area contributed by atoms with Crippen molar-refractivity contribution in [3.05, 3.63) is 107 Å². The van der Waals surface area contributed by atoms with Crippen molar-refractivity contribution < 1.29 is 9.59 Å². The predicted octanol–water partition coefficient (Wildman–Crippen LogP) is 3.69. The molecule has 182 valence electrons. The van der Waals surface area contributed by atoms with Gasteiger partial charge in [0.2, 0.25) is 5.91 Å². The summed E-state index contributed by atoms with van der Waals surface area (Å²) in [6.45, 7) is 1.85. The van der Waals surface area contributed by atoms with Crippen molar-refractivity contribution in [2.24, 2.45) is 0 Å². The number of rotatable bonds is 6. The van der Waals surface area contributed by atoms with Crippen molar-refractivity contribution >= 4 is 22.6 Å². The fraction of sp³-hybridized carbons (Fsp3) is 0.241. The molecule has 36 heavy (non-hydrogen) atoms. The van der Waals surface area contributed by atoms with Gasteiger partial charge in [0.05, 0.1) is 11.1 Å². The summed E-state index contributed by atoms with van der Waals surface area (Å²) in [6.07, 6.45) is 2.18. The lowest BCUT2D eigenvalue weighted by Gasteiger charge is -2.34. The summed E-state index contributed by atoms with van der Waals surface area (Å²) >= 11 is 0. The van der Waals surface area contributed by atoms with Gasteiger partial charge in [-0.25, -0.2) is 0 Å². The number of aryl methyl sites for hydroxylation is 1. The van der Waals surface area contributed by atoms with Crippen molar-refractivity contribution in [2.45, 2.75) is 19.3 Å². The van der Waals surface area contributed by atoms with E-state index >= 15 is 0 Å². The quantitative estimate of drug-likeness (QED) is 0.422. The van der Waals surface area contributed by atoms with Crippen molar-refractivity contribution in [3.8, 4) is 5.69 Å². The third-order valence-corrected chi connectivity index (χ3v) is 6.63. The summed E-state index contributed by atoms with van der Waals surface area (Å²) in [5.41, 5.74) is 1.82. The molecule has 0 spiro atoms. The molecule has 0 atom stereocenters. The van der Waals surface area contributed by atoms with Gasteiger partial charge >= 0.3 is 0 Å². The normalized spacial score (nSPS) is 13.7. The van der Waals surface area contributed by atoms with Gasteiger partial charge in [-0.1, -0.05) is 66.7 Å². The first kappa shape index (κ1) is 23.5. The molecule has 0 bridgehead atoms. The molecule has 2 amide bonds. The number of hydrogen-bond acceptors (Lipinski definition) is 4. The van der Waals surface area contributed by atoms with Crippen LogP contribution in [0, 0.1) is 0 Å². The van der Waals surface area contributed by atoms with Gasteiger partial charge < -0.3 is 9.80 Å². The molecule has 1 fully saturated rings. The van der Waals surface area contributed by atoms with E-state index in [-0.39, 0.29) is 23.1 Å². The van der Waals surface area contributed by atoms with Crippen molar-refractivity contribution in [3.63, 3.8) is 0 Å². The lowest BCUT2D eigenvalue weighted by atomic mass is 10.1. The highest BCUT2D eigenvalue weighted by atomic mass is 16.2. The summed E-state index contributed by atoms with van der Waals surface area (Å²) < 4.78 is 1.29. The Morgan fingerprint density at radius 2 is 1.31 bits per heavy atom. The third kappa shape index (κ3) is 4.91. The molecule has 1 aromatic heterocycles. The van der Waals surface area contributed by atoms with E-state index in [0.29, 0.717) is 49.1 Å². The highest BCUT2D eigenvalue weighted by Crippen LogP contribution is 2.18. The molecule has 1 aliphatic rings. The molecule has 1 saturated heterocycles. The average molecular weight is 481 g/mol. The largest absolute Gasteiger partial charge is 0.339 e. The lowest BCUT2D eigenvalue weighted by Crippen LogP contribution is -2.51. The second-order valence-corrected chi connectivity index (χ2v) is 8.96. The Morgan fingerprint density at radius 1 is 0.722 bits per heavy atom. The molecule has 1 aliphatic heterocycles. The number of fused-ring (bicyclic) bond motifs is 1. The zero-order valence-electron chi connectivity index (χ0n) is 20.0. The highest BCUT2D eigenvalue weighted by Gasteiger charge is 2.27. The van der Waals surface area contributed by atoms with Gasteiger partial charge in [0.15, 0.2) is 5.69 Å². The maximum Gasteiger partial charge on any atom is 0.279 e. The van der Waals surface area contributed by atoms with E-state index in [9.17, 15) is 14.4 Å². The highest BCUT2D eigenvalue weighted by molar-refractivity contribution is 6.05. The molecule has 0 saturated carbocycles. The van der Waals surface area contributed by atoms with Gasteiger partial charge in [-0.05, 0) is 36.6 Å². The maximum absolute atomic E-state index is 13.6. The molecular weight excluding hydrogens is 452 g/mol. The van der Waals surface area contributed by atoms with Crippen LogP contribution in [0.2, 0.25) is 0 Å². The number of hydrogen-bond donors (Lipinski definition) is 0. The Labute approximate surface area is 209 Å². The van der Waals surface area contributed by atoms with E-state index in [4.69, 9.17) is 0 Å². The Kier molecular flexibility index (Phi) is 6.89. The van der Waals surface area contributed by atoms with E-state index in [1.54, 1.807) is 41.3 Å². The minimum absolute atomic E-state index is 0.124. The molecular formula is C29H28N4O3. The minimum Gasteiger partial charge on any atom is -0.339 e. The van der Waals surface area contributed by atoms with Gasteiger partial charge in [-0.3, -0.25) is 14.4 Å². The molecule has 4 aromatic rings. The van der Waals surface area contributed by atoms with Crippen LogP contribution in [0.4, 0.5) is 0 Å².